The molecule has 0 saturated heterocycles. The molecule has 2 heterocycles. The summed E-state index contributed by atoms with van der Waals surface area (Å²) < 4.78 is 0. The summed E-state index contributed by atoms with van der Waals surface area (Å²) in [6.07, 6.45) is 4.36. The maximum atomic E-state index is 10.6. The SMILES string of the molecule is O=C(O)C1=CN2CN=CCC2S1. The Kier molecular flexibility index (Phi) is 1.80. The molecule has 1 unspecified atom stereocenters. The summed E-state index contributed by atoms with van der Waals surface area (Å²) in [5, 5.41) is 8.96. The molecule has 0 bridgehead atoms. The van der Waals surface area contributed by atoms with Gasteiger partial charge in [0.1, 0.15) is 11.6 Å². The minimum atomic E-state index is -0.839. The topological polar surface area (TPSA) is 52.9 Å². The first-order valence-electron chi connectivity index (χ1n) is 3.63. The summed E-state index contributed by atoms with van der Waals surface area (Å²) in [7, 11) is 0. The lowest BCUT2D eigenvalue weighted by Gasteiger charge is -2.24. The van der Waals surface area contributed by atoms with E-state index in [-0.39, 0.29) is 5.37 Å². The number of rotatable bonds is 1. The van der Waals surface area contributed by atoms with E-state index in [1.807, 2.05) is 11.1 Å². The predicted octanol–water partition coefficient (Wildman–Crippen LogP) is 0.719. The molecule has 0 spiro atoms. The fourth-order valence-electron chi connectivity index (χ4n) is 1.22. The summed E-state index contributed by atoms with van der Waals surface area (Å²) in [6.45, 7) is 0.592. The molecule has 0 radical (unpaired) electrons. The second kappa shape index (κ2) is 2.82. The van der Waals surface area contributed by atoms with Crippen molar-refractivity contribution in [3.05, 3.63) is 11.1 Å². The molecule has 1 atom stereocenters. The summed E-state index contributed by atoms with van der Waals surface area (Å²) >= 11 is 1.40. The van der Waals surface area contributed by atoms with E-state index >= 15 is 0 Å². The Balaban J connectivity index is 2.13. The highest BCUT2D eigenvalue weighted by Gasteiger charge is 2.29. The van der Waals surface area contributed by atoms with Crippen molar-refractivity contribution < 1.29 is 9.90 Å². The average molecular weight is 184 g/mol. The maximum absolute atomic E-state index is 10.6. The third kappa shape index (κ3) is 1.20. The lowest BCUT2D eigenvalue weighted by Crippen LogP contribution is -2.28. The molecule has 64 valence electrons. The molecule has 5 heteroatoms. The maximum Gasteiger partial charge on any atom is 0.343 e. The Labute approximate surface area is 74.0 Å². The van der Waals surface area contributed by atoms with Gasteiger partial charge in [-0.25, -0.2) is 4.79 Å². The molecule has 0 amide bonds. The Morgan fingerprint density at radius 3 is 3.33 bits per heavy atom. The number of aliphatic carboxylic acids is 1. The van der Waals surface area contributed by atoms with Crippen molar-refractivity contribution >= 4 is 23.9 Å². The van der Waals surface area contributed by atoms with E-state index in [4.69, 9.17) is 5.11 Å². The summed E-state index contributed by atoms with van der Waals surface area (Å²) in [6, 6.07) is 0. The van der Waals surface area contributed by atoms with Crippen molar-refractivity contribution in [1.29, 1.82) is 0 Å². The Bertz CT molecular complexity index is 275. The Morgan fingerprint density at radius 2 is 2.67 bits per heavy atom. The number of aliphatic imine (C=N–C) groups is 1. The van der Waals surface area contributed by atoms with Crippen LogP contribution in [-0.2, 0) is 4.79 Å². The third-order valence-corrected chi connectivity index (χ3v) is 3.08. The second-order valence-corrected chi connectivity index (χ2v) is 3.85. The number of thioether (sulfide) groups is 1. The molecule has 2 aliphatic rings. The highest BCUT2D eigenvalue weighted by Crippen LogP contribution is 2.35. The molecule has 0 aromatic heterocycles. The van der Waals surface area contributed by atoms with Crippen molar-refractivity contribution in [2.24, 2.45) is 4.99 Å². The van der Waals surface area contributed by atoms with Crippen LogP contribution in [0.1, 0.15) is 6.42 Å². The van der Waals surface area contributed by atoms with Gasteiger partial charge in [0, 0.05) is 18.8 Å². The van der Waals surface area contributed by atoms with Gasteiger partial charge in [-0.05, 0) is 0 Å². The van der Waals surface area contributed by atoms with Crippen LogP contribution >= 0.6 is 11.8 Å². The standard InChI is InChI=1S/C7H8N2O2S/c10-7(11)5-3-9-4-8-2-1-6(9)12-5/h2-3,6H,1,4H2,(H,10,11). The zero-order valence-corrected chi connectivity index (χ0v) is 7.12. The van der Waals surface area contributed by atoms with E-state index in [1.165, 1.54) is 11.8 Å². The van der Waals surface area contributed by atoms with Gasteiger partial charge in [-0.1, -0.05) is 11.8 Å². The van der Waals surface area contributed by atoms with Gasteiger partial charge in [0.2, 0.25) is 0 Å². The fraction of sp³-hybridized carbons (Fsp3) is 0.429. The Morgan fingerprint density at radius 1 is 1.83 bits per heavy atom. The average Bonchev–Trinajstić information content (AvgIpc) is 2.46. The molecular formula is C7H8N2O2S. The first-order chi connectivity index (χ1) is 5.77. The lowest BCUT2D eigenvalue weighted by atomic mass is 10.4. The molecule has 0 aromatic carbocycles. The van der Waals surface area contributed by atoms with Crippen molar-refractivity contribution in [2.75, 3.05) is 6.67 Å². The number of fused-ring (bicyclic) bond motifs is 1. The largest absolute Gasteiger partial charge is 0.477 e. The van der Waals surface area contributed by atoms with E-state index in [2.05, 4.69) is 4.99 Å². The van der Waals surface area contributed by atoms with Gasteiger partial charge in [0.05, 0.1) is 5.37 Å². The predicted molar refractivity (Wildman–Crippen MR) is 46.9 cm³/mol. The van der Waals surface area contributed by atoms with E-state index in [9.17, 15) is 4.79 Å². The Hall–Kier alpha value is -0.970. The van der Waals surface area contributed by atoms with Gasteiger partial charge < -0.3 is 10.0 Å². The first kappa shape index (κ1) is 7.67. The van der Waals surface area contributed by atoms with Gasteiger partial charge in [-0.15, -0.1) is 0 Å². The smallest absolute Gasteiger partial charge is 0.343 e. The molecule has 0 saturated carbocycles. The molecule has 12 heavy (non-hydrogen) atoms. The quantitative estimate of drug-likeness (QED) is 0.652. The monoisotopic (exact) mass is 184 g/mol. The molecule has 2 aliphatic heterocycles. The zero-order chi connectivity index (χ0) is 8.55. The van der Waals surface area contributed by atoms with Crippen LogP contribution in [0.4, 0.5) is 0 Å². The highest BCUT2D eigenvalue weighted by atomic mass is 32.2. The van der Waals surface area contributed by atoms with Crippen LogP contribution in [0.15, 0.2) is 16.1 Å². The van der Waals surface area contributed by atoms with Gasteiger partial charge in [-0.3, -0.25) is 4.99 Å². The van der Waals surface area contributed by atoms with Crippen LogP contribution in [0, 0.1) is 0 Å². The fourth-order valence-corrected chi connectivity index (χ4v) is 2.25. The van der Waals surface area contributed by atoms with Crippen LogP contribution in [0.3, 0.4) is 0 Å². The summed E-state index contributed by atoms with van der Waals surface area (Å²) in [5.74, 6) is -0.839. The van der Waals surface area contributed by atoms with E-state index in [0.717, 1.165) is 6.42 Å². The number of carboxylic acid groups (broad SMARTS) is 1. The van der Waals surface area contributed by atoms with Crippen molar-refractivity contribution in [3.8, 4) is 0 Å². The van der Waals surface area contributed by atoms with Crippen molar-refractivity contribution in [1.82, 2.24) is 4.90 Å². The highest BCUT2D eigenvalue weighted by molar-refractivity contribution is 8.04. The van der Waals surface area contributed by atoms with Crippen molar-refractivity contribution in [3.63, 3.8) is 0 Å². The molecule has 4 nitrogen and oxygen atoms in total. The number of nitrogens with zero attached hydrogens (tertiary/aromatic N) is 2. The van der Waals surface area contributed by atoms with Gasteiger partial charge in [-0.2, -0.15) is 0 Å². The van der Waals surface area contributed by atoms with Gasteiger partial charge in [0.25, 0.3) is 0 Å². The summed E-state index contributed by atoms with van der Waals surface area (Å²) in [4.78, 5) is 17.0. The second-order valence-electron chi connectivity index (χ2n) is 2.63. The zero-order valence-electron chi connectivity index (χ0n) is 6.30. The van der Waals surface area contributed by atoms with Gasteiger partial charge >= 0.3 is 5.97 Å². The van der Waals surface area contributed by atoms with Crippen LogP contribution in [0.2, 0.25) is 0 Å². The lowest BCUT2D eigenvalue weighted by molar-refractivity contribution is -0.131. The van der Waals surface area contributed by atoms with E-state index < -0.39 is 5.97 Å². The number of hydrogen-bond acceptors (Lipinski definition) is 4. The van der Waals surface area contributed by atoms with Gasteiger partial charge in [0.15, 0.2) is 0 Å². The minimum Gasteiger partial charge on any atom is -0.477 e. The molecule has 0 aromatic rings. The van der Waals surface area contributed by atoms with E-state index in [1.54, 1.807) is 6.20 Å². The summed E-state index contributed by atoms with van der Waals surface area (Å²) in [5.41, 5.74) is 0. The minimum absolute atomic E-state index is 0.258. The van der Waals surface area contributed by atoms with Crippen molar-refractivity contribution in [2.45, 2.75) is 11.8 Å². The molecule has 2 rings (SSSR count). The molecule has 1 N–H and O–H groups in total. The first-order valence-corrected chi connectivity index (χ1v) is 4.51. The number of carbonyl (C=O) groups is 1. The number of carboxylic acids is 1. The normalized spacial score (nSPS) is 26.8. The molecule has 0 aliphatic carbocycles. The van der Waals surface area contributed by atoms with Crippen LogP contribution in [-0.4, -0.2) is 34.2 Å². The molecule has 0 fully saturated rings. The van der Waals surface area contributed by atoms with Crippen LogP contribution in [0.5, 0.6) is 0 Å². The number of hydrogen-bond donors (Lipinski definition) is 1. The van der Waals surface area contributed by atoms with Crippen LogP contribution < -0.4 is 0 Å². The van der Waals surface area contributed by atoms with E-state index in [0.29, 0.717) is 11.6 Å². The van der Waals surface area contributed by atoms with Crippen LogP contribution in [0.25, 0.3) is 0 Å². The third-order valence-electron chi connectivity index (χ3n) is 1.81. The molecular weight excluding hydrogens is 176 g/mol.